The van der Waals surface area contributed by atoms with Gasteiger partial charge in [0.15, 0.2) is 0 Å². The Morgan fingerprint density at radius 2 is 1.60 bits per heavy atom. The van der Waals surface area contributed by atoms with E-state index >= 15 is 0 Å². The summed E-state index contributed by atoms with van der Waals surface area (Å²) in [5.41, 5.74) is 3.60. The maximum atomic E-state index is 10.1. The normalized spacial score (nSPS) is 20.8. The highest BCUT2D eigenvalue weighted by molar-refractivity contribution is 5.64. The maximum Gasteiger partial charge on any atom is 0.122 e. The van der Waals surface area contributed by atoms with Crippen molar-refractivity contribution in [2.75, 3.05) is 6.61 Å². The Morgan fingerprint density at radius 3 is 2.23 bits per heavy atom. The van der Waals surface area contributed by atoms with Crippen molar-refractivity contribution >= 4 is 0 Å². The van der Waals surface area contributed by atoms with E-state index in [2.05, 4.69) is 56.3 Å². The summed E-state index contributed by atoms with van der Waals surface area (Å²) in [4.78, 5) is 0. The van der Waals surface area contributed by atoms with E-state index in [-0.39, 0.29) is 18.1 Å². The molecule has 1 saturated carbocycles. The van der Waals surface area contributed by atoms with Gasteiger partial charge in [0, 0.05) is 0 Å². The Balaban J connectivity index is 1.58. The highest BCUT2D eigenvalue weighted by Crippen LogP contribution is 2.46. The molecule has 0 spiro atoms. The second-order valence-electron chi connectivity index (χ2n) is 10.6. The molecule has 0 aromatic heterocycles. The van der Waals surface area contributed by atoms with Crippen LogP contribution in [0.1, 0.15) is 109 Å². The van der Waals surface area contributed by atoms with Crippen molar-refractivity contribution in [2.45, 2.75) is 109 Å². The fourth-order valence-electron chi connectivity index (χ4n) is 5.65. The number of aliphatic hydroxyl groups is 1. The van der Waals surface area contributed by atoms with Crippen molar-refractivity contribution in [3.8, 4) is 22.9 Å². The molecule has 0 bridgehead atoms. The van der Waals surface area contributed by atoms with Crippen molar-refractivity contribution in [3.63, 3.8) is 0 Å². The van der Waals surface area contributed by atoms with E-state index in [0.717, 1.165) is 49.8 Å². The first-order valence-electron chi connectivity index (χ1n) is 14.0. The molecule has 2 aromatic rings. The Kier molecular flexibility index (Phi) is 11.1. The zero-order valence-corrected chi connectivity index (χ0v) is 22.0. The molecule has 0 amide bonds. The molecule has 35 heavy (non-hydrogen) atoms. The first-order valence-corrected chi connectivity index (χ1v) is 14.0. The quantitative estimate of drug-likeness (QED) is 0.278. The van der Waals surface area contributed by atoms with E-state index in [1.54, 1.807) is 0 Å². The second-order valence-corrected chi connectivity index (χ2v) is 10.6. The summed E-state index contributed by atoms with van der Waals surface area (Å²) in [5, 5.41) is 19.6. The van der Waals surface area contributed by atoms with Gasteiger partial charge in [-0.3, -0.25) is 0 Å². The van der Waals surface area contributed by atoms with Gasteiger partial charge in [-0.2, -0.15) is 5.26 Å². The summed E-state index contributed by atoms with van der Waals surface area (Å²) in [6.07, 6.45) is 14.9. The number of nitriles is 1. The third kappa shape index (κ3) is 8.11. The maximum absolute atomic E-state index is 10.1. The monoisotopic (exact) mass is 475 g/mol. The zero-order chi connectivity index (χ0) is 24.9. The van der Waals surface area contributed by atoms with Gasteiger partial charge < -0.3 is 9.84 Å². The highest BCUT2D eigenvalue weighted by atomic mass is 16.5. The first-order chi connectivity index (χ1) is 17.1. The van der Waals surface area contributed by atoms with Crippen LogP contribution in [0.5, 0.6) is 5.75 Å². The van der Waals surface area contributed by atoms with Gasteiger partial charge in [0.25, 0.3) is 0 Å². The SMILES string of the molecule is CCCCCCCCC1(C#N)CCCC(c2ccc(-c3ccc(OC(CO)CCC)cc3)cc2)C1. The fraction of sp³-hybridized carbons (Fsp3) is 0.594. The molecule has 1 aliphatic rings. The molecule has 3 nitrogen and oxygen atoms in total. The molecule has 3 heteroatoms. The number of unbranched alkanes of at least 4 members (excludes halogenated alkanes) is 5. The number of hydrogen-bond donors (Lipinski definition) is 1. The van der Waals surface area contributed by atoms with Crippen molar-refractivity contribution in [1.82, 2.24) is 0 Å². The van der Waals surface area contributed by atoms with Crippen LogP contribution in [0, 0.1) is 16.7 Å². The number of benzene rings is 2. The molecule has 1 aliphatic carbocycles. The van der Waals surface area contributed by atoms with Gasteiger partial charge in [0.1, 0.15) is 11.9 Å². The van der Waals surface area contributed by atoms with Crippen LogP contribution < -0.4 is 4.74 Å². The smallest absolute Gasteiger partial charge is 0.122 e. The van der Waals surface area contributed by atoms with Crippen LogP contribution in [-0.2, 0) is 0 Å². The number of nitrogens with zero attached hydrogens (tertiary/aromatic N) is 1. The van der Waals surface area contributed by atoms with Crippen LogP contribution in [0.4, 0.5) is 0 Å². The van der Waals surface area contributed by atoms with E-state index in [4.69, 9.17) is 4.74 Å². The molecule has 0 saturated heterocycles. The Labute approximate surface area is 213 Å². The summed E-state index contributed by atoms with van der Waals surface area (Å²) in [7, 11) is 0. The van der Waals surface area contributed by atoms with E-state index < -0.39 is 0 Å². The minimum atomic E-state index is -0.137. The molecule has 3 unspecified atom stereocenters. The first kappa shape index (κ1) is 27.3. The van der Waals surface area contributed by atoms with Gasteiger partial charge in [-0.05, 0) is 66.8 Å². The van der Waals surface area contributed by atoms with Gasteiger partial charge in [-0.1, -0.05) is 102 Å². The predicted octanol–water partition coefficient (Wildman–Crippen LogP) is 8.81. The summed E-state index contributed by atoms with van der Waals surface area (Å²) in [6, 6.07) is 19.9. The molecule has 1 N–H and O–H groups in total. The summed E-state index contributed by atoms with van der Waals surface area (Å²) < 4.78 is 5.90. The van der Waals surface area contributed by atoms with Crippen LogP contribution in [0.3, 0.4) is 0 Å². The average Bonchev–Trinajstić information content (AvgIpc) is 2.91. The number of rotatable bonds is 14. The molecule has 0 radical (unpaired) electrons. The molecule has 0 aliphatic heterocycles. The molecule has 3 rings (SSSR count). The molecule has 0 heterocycles. The Morgan fingerprint density at radius 1 is 0.943 bits per heavy atom. The molecule has 1 fully saturated rings. The van der Waals surface area contributed by atoms with E-state index in [1.807, 2.05) is 12.1 Å². The minimum absolute atomic E-state index is 0.0459. The third-order valence-electron chi connectivity index (χ3n) is 7.78. The fourth-order valence-corrected chi connectivity index (χ4v) is 5.65. The standard InChI is InChI=1S/C32H45NO2/c1-3-5-6-7-8-9-21-32(25-33)22-10-12-29(23-32)28-15-13-26(14-16-28)27-17-19-30(20-18-27)35-31(24-34)11-4-2/h13-20,29,31,34H,3-12,21-24H2,1-2H3. The summed E-state index contributed by atoms with van der Waals surface area (Å²) >= 11 is 0. The van der Waals surface area contributed by atoms with E-state index in [1.165, 1.54) is 56.1 Å². The Bertz CT molecular complexity index is 899. The van der Waals surface area contributed by atoms with Crippen molar-refractivity contribution in [1.29, 1.82) is 5.26 Å². The van der Waals surface area contributed by atoms with Crippen molar-refractivity contribution in [2.24, 2.45) is 5.41 Å². The van der Waals surface area contributed by atoms with Crippen LogP contribution in [0.2, 0.25) is 0 Å². The number of ether oxygens (including phenoxy) is 1. The van der Waals surface area contributed by atoms with Gasteiger partial charge >= 0.3 is 0 Å². The van der Waals surface area contributed by atoms with Gasteiger partial charge in [0.2, 0.25) is 0 Å². The second kappa shape index (κ2) is 14.3. The van der Waals surface area contributed by atoms with Crippen molar-refractivity contribution < 1.29 is 9.84 Å². The molecule has 2 aromatic carbocycles. The average molecular weight is 476 g/mol. The molecule has 190 valence electrons. The minimum Gasteiger partial charge on any atom is -0.488 e. The van der Waals surface area contributed by atoms with Crippen LogP contribution in [0.25, 0.3) is 11.1 Å². The summed E-state index contributed by atoms with van der Waals surface area (Å²) in [5.74, 6) is 1.29. The van der Waals surface area contributed by atoms with Gasteiger partial charge in [-0.15, -0.1) is 0 Å². The highest BCUT2D eigenvalue weighted by Gasteiger charge is 2.36. The lowest BCUT2D eigenvalue weighted by Gasteiger charge is -2.36. The third-order valence-corrected chi connectivity index (χ3v) is 7.78. The van der Waals surface area contributed by atoms with Crippen molar-refractivity contribution in [3.05, 3.63) is 54.1 Å². The van der Waals surface area contributed by atoms with E-state index in [9.17, 15) is 10.4 Å². The molecule has 3 atom stereocenters. The largest absolute Gasteiger partial charge is 0.488 e. The van der Waals surface area contributed by atoms with Crippen LogP contribution in [0.15, 0.2) is 48.5 Å². The number of aliphatic hydroxyl groups excluding tert-OH is 1. The van der Waals surface area contributed by atoms with Crippen LogP contribution >= 0.6 is 0 Å². The topological polar surface area (TPSA) is 53.2 Å². The lowest BCUT2D eigenvalue weighted by molar-refractivity contribution is 0.108. The summed E-state index contributed by atoms with van der Waals surface area (Å²) in [6.45, 7) is 4.40. The van der Waals surface area contributed by atoms with Crippen LogP contribution in [-0.4, -0.2) is 17.8 Å². The van der Waals surface area contributed by atoms with Gasteiger partial charge in [0.05, 0.1) is 18.1 Å². The predicted molar refractivity (Wildman–Crippen MR) is 146 cm³/mol. The van der Waals surface area contributed by atoms with E-state index in [0.29, 0.717) is 5.92 Å². The molecular weight excluding hydrogens is 430 g/mol. The molecular formula is C32H45NO2. The Hall–Kier alpha value is -2.31. The lowest BCUT2D eigenvalue weighted by atomic mass is 9.66. The zero-order valence-electron chi connectivity index (χ0n) is 22.0. The number of hydrogen-bond acceptors (Lipinski definition) is 3. The van der Waals surface area contributed by atoms with Gasteiger partial charge in [-0.25, -0.2) is 0 Å². The lowest BCUT2D eigenvalue weighted by Crippen LogP contribution is -2.26.